The monoisotopic (exact) mass is 411 g/mol. The van der Waals surface area contributed by atoms with Gasteiger partial charge in [0.05, 0.1) is 11.7 Å². The van der Waals surface area contributed by atoms with Gasteiger partial charge in [-0.1, -0.05) is 0 Å². The van der Waals surface area contributed by atoms with Crippen LogP contribution in [0.4, 0.5) is 0 Å². The Kier molecular flexibility index (Phi) is 4.90. The highest BCUT2D eigenvalue weighted by Gasteiger charge is 2.66. The van der Waals surface area contributed by atoms with Gasteiger partial charge in [0.25, 0.3) is 0 Å². The van der Waals surface area contributed by atoms with Crippen LogP contribution in [0.3, 0.4) is 0 Å². The maximum atomic E-state index is 13.3. The van der Waals surface area contributed by atoms with E-state index in [2.05, 4.69) is 21.7 Å². The molecule has 0 aromatic carbocycles. The number of likely N-dealkylation sites (tertiary alicyclic amines) is 2. The van der Waals surface area contributed by atoms with Crippen molar-refractivity contribution in [1.82, 2.24) is 14.1 Å². The summed E-state index contributed by atoms with van der Waals surface area (Å²) in [4.78, 5) is 17.7. The number of carbonyl (C=O) groups excluding carboxylic acids is 1. The summed E-state index contributed by atoms with van der Waals surface area (Å²) in [7, 11) is -3.29. The Hall–Kier alpha value is -0.960. The van der Waals surface area contributed by atoms with Crippen LogP contribution in [0.2, 0.25) is 0 Å². The first-order valence-corrected chi connectivity index (χ1v) is 12.6. The highest BCUT2D eigenvalue weighted by atomic mass is 32.2. The Morgan fingerprint density at radius 2 is 1.89 bits per heavy atom. The number of piperidine rings is 1. The lowest BCUT2D eigenvalue weighted by Gasteiger charge is -2.47. The van der Waals surface area contributed by atoms with Crippen molar-refractivity contribution in [3.63, 3.8) is 0 Å². The molecule has 0 radical (unpaired) electrons. The third kappa shape index (κ3) is 3.14. The lowest BCUT2D eigenvalue weighted by Crippen LogP contribution is -2.52. The van der Waals surface area contributed by atoms with Crippen molar-refractivity contribution in [2.45, 2.75) is 32.7 Å². The van der Waals surface area contributed by atoms with E-state index in [9.17, 15) is 13.2 Å². The second-order valence-electron chi connectivity index (χ2n) is 8.44. The first-order valence-electron chi connectivity index (χ1n) is 9.78. The summed E-state index contributed by atoms with van der Waals surface area (Å²) in [6, 6.07) is 2.16. The van der Waals surface area contributed by atoms with E-state index in [0.29, 0.717) is 19.6 Å². The van der Waals surface area contributed by atoms with Gasteiger partial charge in [-0.15, -0.1) is 0 Å². The fourth-order valence-electron chi connectivity index (χ4n) is 5.44. The standard InChI is InChI=1S/C19H29N3O3S2/c1-3-21-10-7-19(17(21)23)15-22(27(2,24)25)14-18(19)5-8-20(9-6-18)12-16-4-11-26-13-16/h4,11,13H,3,5-10,12,14-15H2,1-2H3. The molecular weight excluding hydrogens is 382 g/mol. The molecule has 150 valence electrons. The normalized spacial score (nSPS) is 29.4. The van der Waals surface area contributed by atoms with E-state index >= 15 is 0 Å². The largest absolute Gasteiger partial charge is 0.342 e. The van der Waals surface area contributed by atoms with Crippen LogP contribution in [0.25, 0.3) is 0 Å². The predicted molar refractivity (Wildman–Crippen MR) is 107 cm³/mol. The summed E-state index contributed by atoms with van der Waals surface area (Å²) in [6.07, 6.45) is 3.86. The lowest BCUT2D eigenvalue weighted by molar-refractivity contribution is -0.142. The summed E-state index contributed by atoms with van der Waals surface area (Å²) < 4.78 is 26.2. The van der Waals surface area contributed by atoms with Crippen molar-refractivity contribution >= 4 is 27.3 Å². The molecule has 3 saturated heterocycles. The topological polar surface area (TPSA) is 60.9 Å². The molecule has 3 aliphatic heterocycles. The second-order valence-corrected chi connectivity index (χ2v) is 11.2. The number of hydrogen-bond donors (Lipinski definition) is 0. The Bertz CT molecular complexity index is 800. The molecule has 3 fully saturated rings. The lowest BCUT2D eigenvalue weighted by atomic mass is 9.60. The SMILES string of the molecule is CCN1CCC2(CN(S(C)(=O)=O)CC23CCN(Cc2ccsc2)CC3)C1=O. The van der Waals surface area contributed by atoms with E-state index in [0.717, 1.165) is 45.4 Å². The van der Waals surface area contributed by atoms with Crippen LogP contribution in [0.1, 0.15) is 31.7 Å². The van der Waals surface area contributed by atoms with E-state index in [1.807, 2.05) is 11.8 Å². The molecule has 6 nitrogen and oxygen atoms in total. The fraction of sp³-hybridized carbons (Fsp3) is 0.737. The van der Waals surface area contributed by atoms with Crippen molar-refractivity contribution in [3.05, 3.63) is 22.4 Å². The Morgan fingerprint density at radius 3 is 2.44 bits per heavy atom. The molecule has 3 aliphatic rings. The minimum absolute atomic E-state index is 0.183. The van der Waals surface area contributed by atoms with Gasteiger partial charge >= 0.3 is 0 Å². The fourth-order valence-corrected chi connectivity index (χ4v) is 7.04. The number of nitrogens with zero attached hydrogens (tertiary/aromatic N) is 3. The zero-order valence-electron chi connectivity index (χ0n) is 16.2. The van der Waals surface area contributed by atoms with Gasteiger partial charge < -0.3 is 4.90 Å². The van der Waals surface area contributed by atoms with Crippen LogP contribution < -0.4 is 0 Å². The first kappa shape index (κ1) is 19.4. The van der Waals surface area contributed by atoms with Crippen LogP contribution in [0, 0.1) is 10.8 Å². The Balaban J connectivity index is 1.58. The average molecular weight is 412 g/mol. The summed E-state index contributed by atoms with van der Waals surface area (Å²) in [5.41, 5.74) is 0.590. The molecule has 1 unspecified atom stereocenters. The van der Waals surface area contributed by atoms with E-state index in [-0.39, 0.29) is 11.3 Å². The van der Waals surface area contributed by atoms with Crippen LogP contribution in [0.15, 0.2) is 16.8 Å². The number of fused-ring (bicyclic) bond motifs is 1. The van der Waals surface area contributed by atoms with E-state index in [1.165, 1.54) is 11.8 Å². The summed E-state index contributed by atoms with van der Waals surface area (Å²) in [5.74, 6) is 0.183. The molecule has 4 rings (SSSR count). The van der Waals surface area contributed by atoms with Crippen LogP contribution in [-0.4, -0.2) is 74.0 Å². The van der Waals surface area contributed by atoms with Crippen molar-refractivity contribution in [3.8, 4) is 0 Å². The molecule has 1 aromatic rings. The average Bonchev–Trinajstić information content (AvgIpc) is 3.32. The molecule has 1 aromatic heterocycles. The van der Waals surface area contributed by atoms with Gasteiger partial charge in [-0.25, -0.2) is 12.7 Å². The van der Waals surface area contributed by atoms with Crippen molar-refractivity contribution in [2.75, 3.05) is 45.5 Å². The van der Waals surface area contributed by atoms with Gasteiger partial charge in [0.15, 0.2) is 0 Å². The molecule has 1 atom stereocenters. The van der Waals surface area contributed by atoms with E-state index in [4.69, 9.17) is 0 Å². The van der Waals surface area contributed by atoms with Gasteiger partial charge in [0, 0.05) is 38.1 Å². The first-order chi connectivity index (χ1) is 12.8. The number of hydrogen-bond acceptors (Lipinski definition) is 5. The van der Waals surface area contributed by atoms with E-state index in [1.54, 1.807) is 15.6 Å². The van der Waals surface area contributed by atoms with Gasteiger partial charge in [0.1, 0.15) is 0 Å². The molecule has 2 spiro atoms. The van der Waals surface area contributed by atoms with Gasteiger partial charge in [-0.2, -0.15) is 11.3 Å². The quantitative estimate of drug-likeness (QED) is 0.759. The Labute approximate surface area is 166 Å². The third-order valence-electron chi connectivity index (χ3n) is 7.10. The van der Waals surface area contributed by atoms with E-state index < -0.39 is 15.4 Å². The molecule has 0 saturated carbocycles. The molecule has 0 aliphatic carbocycles. The van der Waals surface area contributed by atoms with Gasteiger partial charge in [-0.3, -0.25) is 9.69 Å². The zero-order chi connectivity index (χ0) is 19.3. The maximum absolute atomic E-state index is 13.3. The smallest absolute Gasteiger partial charge is 0.230 e. The molecule has 0 N–H and O–H groups in total. The Morgan fingerprint density at radius 1 is 1.15 bits per heavy atom. The van der Waals surface area contributed by atoms with Crippen molar-refractivity contribution in [2.24, 2.45) is 10.8 Å². The second kappa shape index (κ2) is 6.83. The maximum Gasteiger partial charge on any atom is 0.230 e. The van der Waals surface area contributed by atoms with Crippen LogP contribution in [0.5, 0.6) is 0 Å². The van der Waals surface area contributed by atoms with Gasteiger partial charge in [-0.05, 0) is 61.7 Å². The number of rotatable bonds is 4. The number of amides is 1. The molecular formula is C19H29N3O3S2. The molecule has 27 heavy (non-hydrogen) atoms. The highest BCUT2D eigenvalue weighted by Crippen LogP contribution is 2.58. The minimum Gasteiger partial charge on any atom is -0.342 e. The molecule has 0 bridgehead atoms. The summed E-state index contributed by atoms with van der Waals surface area (Å²) in [6.45, 7) is 7.14. The number of sulfonamides is 1. The number of carbonyl (C=O) groups is 1. The molecule has 8 heteroatoms. The predicted octanol–water partition coefficient (Wildman–Crippen LogP) is 1.84. The third-order valence-corrected chi connectivity index (χ3v) is 9.02. The molecule has 4 heterocycles. The van der Waals surface area contributed by atoms with Gasteiger partial charge in [0.2, 0.25) is 15.9 Å². The highest BCUT2D eigenvalue weighted by molar-refractivity contribution is 7.88. The summed E-state index contributed by atoms with van der Waals surface area (Å²) in [5, 5.41) is 4.29. The minimum atomic E-state index is -3.29. The zero-order valence-corrected chi connectivity index (χ0v) is 17.8. The number of thiophene rings is 1. The summed E-state index contributed by atoms with van der Waals surface area (Å²) >= 11 is 1.72. The van der Waals surface area contributed by atoms with Crippen molar-refractivity contribution in [1.29, 1.82) is 0 Å². The molecule has 1 amide bonds. The van der Waals surface area contributed by atoms with Crippen LogP contribution in [-0.2, 0) is 21.4 Å². The van der Waals surface area contributed by atoms with Crippen LogP contribution >= 0.6 is 11.3 Å². The van der Waals surface area contributed by atoms with Crippen molar-refractivity contribution < 1.29 is 13.2 Å².